The third-order valence-corrected chi connectivity index (χ3v) is 5.41. The minimum absolute atomic E-state index is 0.322. The van der Waals surface area contributed by atoms with E-state index in [1.165, 1.54) is 18.2 Å². The van der Waals surface area contributed by atoms with Crippen molar-refractivity contribution in [1.82, 2.24) is 4.72 Å². The highest BCUT2D eigenvalue weighted by atomic mass is 32.2. The van der Waals surface area contributed by atoms with E-state index in [2.05, 4.69) is 4.72 Å². The molecule has 0 fully saturated rings. The summed E-state index contributed by atoms with van der Waals surface area (Å²) in [7, 11) is -3.90. The predicted molar refractivity (Wildman–Crippen MR) is 83.3 cm³/mol. The topological polar surface area (TPSA) is 72.2 Å². The fourth-order valence-electron chi connectivity index (χ4n) is 2.87. The van der Waals surface area contributed by atoms with Gasteiger partial charge in [0.25, 0.3) is 0 Å². The molecular formula is C16H17FN2O2S. The van der Waals surface area contributed by atoms with Crippen LogP contribution >= 0.6 is 0 Å². The molecule has 4 nitrogen and oxygen atoms in total. The Labute approximate surface area is 129 Å². The van der Waals surface area contributed by atoms with E-state index < -0.39 is 15.8 Å². The Morgan fingerprint density at radius 3 is 2.73 bits per heavy atom. The molecular weight excluding hydrogens is 303 g/mol. The Morgan fingerprint density at radius 2 is 1.95 bits per heavy atom. The van der Waals surface area contributed by atoms with Gasteiger partial charge in [0.05, 0.1) is 0 Å². The number of hydrogen-bond acceptors (Lipinski definition) is 3. The van der Waals surface area contributed by atoms with Gasteiger partial charge in [0.1, 0.15) is 10.7 Å². The number of nitrogen functional groups attached to an aromatic ring is 1. The number of benzene rings is 2. The smallest absolute Gasteiger partial charge is 0.244 e. The van der Waals surface area contributed by atoms with Crippen LogP contribution in [-0.2, 0) is 16.4 Å². The van der Waals surface area contributed by atoms with Crippen LogP contribution in [0.15, 0.2) is 47.4 Å². The summed E-state index contributed by atoms with van der Waals surface area (Å²) < 4.78 is 41.2. The number of aryl methyl sites for hydroxylation is 1. The summed E-state index contributed by atoms with van der Waals surface area (Å²) in [4.78, 5) is -0.322. The van der Waals surface area contributed by atoms with Gasteiger partial charge in [-0.2, -0.15) is 0 Å². The molecule has 1 atom stereocenters. The van der Waals surface area contributed by atoms with Crippen LogP contribution in [-0.4, -0.2) is 8.42 Å². The average molecular weight is 320 g/mol. The summed E-state index contributed by atoms with van der Waals surface area (Å²) in [5.74, 6) is -0.747. The monoisotopic (exact) mass is 320 g/mol. The van der Waals surface area contributed by atoms with Crippen LogP contribution in [0.5, 0.6) is 0 Å². The summed E-state index contributed by atoms with van der Waals surface area (Å²) >= 11 is 0. The zero-order valence-corrected chi connectivity index (χ0v) is 12.7. The zero-order chi connectivity index (χ0) is 15.7. The first-order valence-electron chi connectivity index (χ1n) is 7.12. The molecule has 0 radical (unpaired) electrons. The lowest BCUT2D eigenvalue weighted by Gasteiger charge is -2.26. The quantitative estimate of drug-likeness (QED) is 0.854. The van der Waals surface area contributed by atoms with E-state index in [1.54, 1.807) is 6.07 Å². The summed E-state index contributed by atoms with van der Waals surface area (Å²) in [6.07, 6.45) is 2.42. The standard InChI is InChI=1S/C16H17FN2O2S/c17-14-5-1-2-7-16(14)22(20,21)19-15-6-3-4-11-10-12(18)8-9-13(11)15/h1-2,5,7-10,15,19H,3-4,6,18H2. The molecule has 3 rings (SSSR count). The van der Waals surface area contributed by atoms with Gasteiger partial charge in [0.15, 0.2) is 0 Å². The van der Waals surface area contributed by atoms with Crippen LogP contribution in [0.3, 0.4) is 0 Å². The van der Waals surface area contributed by atoms with Gasteiger partial charge >= 0.3 is 0 Å². The number of hydrogen-bond donors (Lipinski definition) is 2. The van der Waals surface area contributed by atoms with E-state index in [0.29, 0.717) is 12.1 Å². The van der Waals surface area contributed by atoms with E-state index in [0.717, 1.165) is 30.0 Å². The van der Waals surface area contributed by atoms with Crippen LogP contribution in [0.4, 0.5) is 10.1 Å². The van der Waals surface area contributed by atoms with E-state index in [-0.39, 0.29) is 10.9 Å². The SMILES string of the molecule is Nc1ccc2c(c1)CCCC2NS(=O)(=O)c1ccccc1F. The maximum atomic E-state index is 13.8. The maximum Gasteiger partial charge on any atom is 0.244 e. The fourth-order valence-corrected chi connectivity index (χ4v) is 4.20. The van der Waals surface area contributed by atoms with Gasteiger partial charge in [-0.25, -0.2) is 17.5 Å². The van der Waals surface area contributed by atoms with Gasteiger partial charge in [0, 0.05) is 11.7 Å². The van der Waals surface area contributed by atoms with Crippen molar-refractivity contribution in [2.24, 2.45) is 0 Å². The van der Waals surface area contributed by atoms with Crippen molar-refractivity contribution in [3.8, 4) is 0 Å². The van der Waals surface area contributed by atoms with Crippen LogP contribution in [0.1, 0.15) is 30.0 Å². The molecule has 0 amide bonds. The van der Waals surface area contributed by atoms with Crippen molar-refractivity contribution in [2.45, 2.75) is 30.2 Å². The Bertz CT molecular complexity index is 806. The molecule has 22 heavy (non-hydrogen) atoms. The molecule has 0 bridgehead atoms. The molecule has 0 spiro atoms. The number of nitrogens with one attached hydrogen (secondary N) is 1. The van der Waals surface area contributed by atoms with Crippen LogP contribution in [0, 0.1) is 5.82 Å². The van der Waals surface area contributed by atoms with Gasteiger partial charge in [0.2, 0.25) is 10.0 Å². The van der Waals surface area contributed by atoms with Gasteiger partial charge in [-0.3, -0.25) is 0 Å². The number of sulfonamides is 1. The van der Waals surface area contributed by atoms with Crippen molar-refractivity contribution in [3.63, 3.8) is 0 Å². The third-order valence-electron chi connectivity index (χ3n) is 3.90. The largest absolute Gasteiger partial charge is 0.399 e. The minimum Gasteiger partial charge on any atom is -0.399 e. The van der Waals surface area contributed by atoms with Crippen LogP contribution < -0.4 is 10.5 Å². The summed E-state index contributed by atoms with van der Waals surface area (Å²) in [5.41, 5.74) is 8.41. The number of anilines is 1. The average Bonchev–Trinajstić information content (AvgIpc) is 2.47. The normalized spacial score (nSPS) is 18.0. The number of nitrogens with two attached hydrogens (primary N) is 1. The molecule has 1 unspecified atom stereocenters. The first-order chi connectivity index (χ1) is 10.5. The number of rotatable bonds is 3. The lowest BCUT2D eigenvalue weighted by molar-refractivity contribution is 0.502. The first kappa shape index (κ1) is 15.0. The lowest BCUT2D eigenvalue weighted by Crippen LogP contribution is -2.31. The molecule has 2 aromatic carbocycles. The van der Waals surface area contributed by atoms with E-state index in [4.69, 9.17) is 5.73 Å². The molecule has 0 aliphatic heterocycles. The third kappa shape index (κ3) is 2.84. The molecule has 0 saturated carbocycles. The van der Waals surface area contributed by atoms with Gasteiger partial charge < -0.3 is 5.73 Å². The zero-order valence-electron chi connectivity index (χ0n) is 11.9. The van der Waals surface area contributed by atoms with Gasteiger partial charge in [-0.05, 0) is 54.7 Å². The molecule has 3 N–H and O–H groups in total. The summed E-state index contributed by atoms with van der Waals surface area (Å²) in [5, 5.41) is 0. The molecule has 0 heterocycles. The molecule has 1 aliphatic carbocycles. The molecule has 6 heteroatoms. The van der Waals surface area contributed by atoms with Crippen molar-refractivity contribution in [1.29, 1.82) is 0 Å². The van der Waals surface area contributed by atoms with Crippen molar-refractivity contribution in [3.05, 3.63) is 59.4 Å². The van der Waals surface area contributed by atoms with Crippen molar-refractivity contribution < 1.29 is 12.8 Å². The first-order valence-corrected chi connectivity index (χ1v) is 8.61. The van der Waals surface area contributed by atoms with E-state index in [9.17, 15) is 12.8 Å². The second-order valence-corrected chi connectivity index (χ2v) is 7.14. The fraction of sp³-hybridized carbons (Fsp3) is 0.250. The van der Waals surface area contributed by atoms with Crippen molar-refractivity contribution >= 4 is 15.7 Å². The Hall–Kier alpha value is -1.92. The van der Waals surface area contributed by atoms with Gasteiger partial charge in [-0.15, -0.1) is 0 Å². The van der Waals surface area contributed by atoms with Crippen molar-refractivity contribution in [2.75, 3.05) is 5.73 Å². The van der Waals surface area contributed by atoms with Gasteiger partial charge in [-0.1, -0.05) is 18.2 Å². The molecule has 116 valence electrons. The molecule has 0 saturated heterocycles. The molecule has 1 aliphatic rings. The lowest BCUT2D eigenvalue weighted by atomic mass is 9.88. The second-order valence-electron chi connectivity index (χ2n) is 5.45. The van der Waals surface area contributed by atoms with E-state index >= 15 is 0 Å². The van der Waals surface area contributed by atoms with Crippen LogP contribution in [0.25, 0.3) is 0 Å². The maximum absolute atomic E-state index is 13.8. The highest BCUT2D eigenvalue weighted by Gasteiger charge is 2.27. The second kappa shape index (κ2) is 5.70. The highest BCUT2D eigenvalue weighted by molar-refractivity contribution is 7.89. The summed E-state index contributed by atoms with van der Waals surface area (Å²) in [6, 6.07) is 10.5. The number of halogens is 1. The molecule has 0 aromatic heterocycles. The Kier molecular flexibility index (Phi) is 3.88. The highest BCUT2D eigenvalue weighted by Crippen LogP contribution is 2.32. The number of fused-ring (bicyclic) bond motifs is 1. The molecule has 2 aromatic rings. The van der Waals surface area contributed by atoms with E-state index in [1.807, 2.05) is 12.1 Å². The predicted octanol–water partition coefficient (Wildman–Crippen LogP) is 2.76. The minimum atomic E-state index is -3.90. The Morgan fingerprint density at radius 1 is 1.18 bits per heavy atom. The van der Waals surface area contributed by atoms with Crippen LogP contribution in [0.2, 0.25) is 0 Å². The Balaban J connectivity index is 1.93. The summed E-state index contributed by atoms with van der Waals surface area (Å²) in [6.45, 7) is 0.